The topological polar surface area (TPSA) is 99.4 Å². The van der Waals surface area contributed by atoms with E-state index in [1.54, 1.807) is 19.1 Å². The number of amides is 1. The van der Waals surface area contributed by atoms with Gasteiger partial charge in [-0.05, 0) is 24.6 Å². The van der Waals surface area contributed by atoms with E-state index in [1.807, 2.05) is 0 Å². The molecule has 92 valence electrons. The third-order valence-corrected chi connectivity index (χ3v) is 2.53. The summed E-state index contributed by atoms with van der Waals surface area (Å²) >= 11 is 0. The Balaban J connectivity index is 2.67. The van der Waals surface area contributed by atoms with Crippen molar-refractivity contribution in [3.63, 3.8) is 0 Å². The Kier molecular flexibility index (Phi) is 2.85. The van der Waals surface area contributed by atoms with Gasteiger partial charge in [0, 0.05) is 11.6 Å². The molecule has 0 bridgehead atoms. The van der Waals surface area contributed by atoms with Crippen molar-refractivity contribution < 1.29 is 14.1 Å². The highest BCUT2D eigenvalue weighted by atomic mass is 16.6. The Morgan fingerprint density at radius 3 is 2.67 bits per heavy atom. The molecule has 0 aliphatic heterocycles. The molecule has 2 rings (SSSR count). The van der Waals surface area contributed by atoms with E-state index in [0.29, 0.717) is 11.1 Å². The van der Waals surface area contributed by atoms with Crippen LogP contribution in [0.2, 0.25) is 0 Å². The van der Waals surface area contributed by atoms with Gasteiger partial charge in [0.15, 0.2) is 5.76 Å². The number of primary amides is 1. The molecule has 0 aliphatic carbocycles. The van der Waals surface area contributed by atoms with Crippen LogP contribution in [-0.2, 0) is 0 Å². The molecule has 0 aliphatic rings. The van der Waals surface area contributed by atoms with E-state index in [2.05, 4.69) is 0 Å². The first kappa shape index (κ1) is 11.8. The van der Waals surface area contributed by atoms with Crippen LogP contribution in [0.4, 0.5) is 5.69 Å². The van der Waals surface area contributed by atoms with Crippen LogP contribution in [0.25, 0.3) is 11.1 Å². The number of carbonyl (C=O) groups is 1. The summed E-state index contributed by atoms with van der Waals surface area (Å²) in [6.45, 7) is 1.75. The second-order valence-electron chi connectivity index (χ2n) is 3.81. The fourth-order valence-electron chi connectivity index (χ4n) is 1.73. The molecule has 0 saturated heterocycles. The summed E-state index contributed by atoms with van der Waals surface area (Å²) < 4.78 is 4.95. The van der Waals surface area contributed by atoms with Crippen molar-refractivity contribution in [2.45, 2.75) is 6.92 Å². The molecule has 1 aromatic carbocycles. The maximum Gasteiger partial charge on any atom is 0.285 e. The maximum atomic E-state index is 11.2. The van der Waals surface area contributed by atoms with E-state index in [9.17, 15) is 14.9 Å². The maximum absolute atomic E-state index is 11.2. The lowest BCUT2D eigenvalue weighted by molar-refractivity contribution is -0.384. The van der Waals surface area contributed by atoms with Crippen LogP contribution < -0.4 is 5.73 Å². The minimum Gasteiger partial charge on any atom is -0.459 e. The molecule has 1 heterocycles. The van der Waals surface area contributed by atoms with Crippen molar-refractivity contribution in [3.05, 3.63) is 52.0 Å². The van der Waals surface area contributed by atoms with E-state index in [0.717, 1.165) is 5.56 Å². The van der Waals surface area contributed by atoms with Gasteiger partial charge in [-0.25, -0.2) is 0 Å². The number of hydrogen-bond donors (Lipinski definition) is 1. The summed E-state index contributed by atoms with van der Waals surface area (Å²) in [6.07, 6.45) is 1.28. The van der Waals surface area contributed by atoms with Crippen LogP contribution in [0.1, 0.15) is 16.1 Å². The monoisotopic (exact) mass is 246 g/mol. The summed E-state index contributed by atoms with van der Waals surface area (Å²) in [5, 5.41) is 11.0. The van der Waals surface area contributed by atoms with Crippen molar-refractivity contribution in [1.82, 2.24) is 0 Å². The van der Waals surface area contributed by atoms with Crippen LogP contribution in [0.15, 0.2) is 34.9 Å². The molecule has 0 spiro atoms. The lowest BCUT2D eigenvalue weighted by Crippen LogP contribution is -2.11. The standard InChI is InChI=1S/C12H10N2O4/c1-7-2-3-8(10(6-7)14(16)17)9-4-5-18-11(9)12(13)15/h2-6H,1H3,(H2,13,15). The minimum atomic E-state index is -0.759. The lowest BCUT2D eigenvalue weighted by atomic mass is 10.0. The molecular weight excluding hydrogens is 236 g/mol. The lowest BCUT2D eigenvalue weighted by Gasteiger charge is -2.03. The number of nitrogens with two attached hydrogens (primary N) is 1. The molecule has 18 heavy (non-hydrogen) atoms. The molecule has 2 aromatic rings. The molecule has 0 saturated carbocycles. The average Bonchev–Trinajstić information content (AvgIpc) is 2.77. The van der Waals surface area contributed by atoms with Gasteiger partial charge < -0.3 is 10.2 Å². The summed E-state index contributed by atoms with van der Waals surface area (Å²) in [4.78, 5) is 21.7. The number of benzene rings is 1. The van der Waals surface area contributed by atoms with Crippen LogP contribution in [0.3, 0.4) is 0 Å². The molecule has 6 nitrogen and oxygen atoms in total. The highest BCUT2D eigenvalue weighted by Crippen LogP contribution is 2.33. The Hall–Kier alpha value is -2.63. The molecule has 0 unspecified atom stereocenters. The SMILES string of the molecule is Cc1ccc(-c2ccoc2C(N)=O)c([N+](=O)[O-])c1. The molecular formula is C12H10N2O4. The van der Waals surface area contributed by atoms with E-state index < -0.39 is 10.8 Å². The molecule has 1 aromatic heterocycles. The van der Waals surface area contributed by atoms with Crippen LogP contribution in [-0.4, -0.2) is 10.8 Å². The number of rotatable bonds is 3. The van der Waals surface area contributed by atoms with Crippen LogP contribution in [0, 0.1) is 17.0 Å². The van der Waals surface area contributed by atoms with E-state index in [4.69, 9.17) is 10.2 Å². The fourth-order valence-corrected chi connectivity index (χ4v) is 1.73. The Labute approximate surface area is 102 Å². The normalized spacial score (nSPS) is 10.3. The highest BCUT2D eigenvalue weighted by molar-refractivity contribution is 5.98. The zero-order valence-electron chi connectivity index (χ0n) is 9.54. The van der Waals surface area contributed by atoms with Crippen molar-refractivity contribution in [1.29, 1.82) is 0 Å². The van der Waals surface area contributed by atoms with Crippen LogP contribution in [0.5, 0.6) is 0 Å². The van der Waals surface area contributed by atoms with Gasteiger partial charge in [0.25, 0.3) is 11.6 Å². The molecule has 0 atom stereocenters. The second-order valence-corrected chi connectivity index (χ2v) is 3.81. The zero-order valence-corrected chi connectivity index (χ0v) is 9.54. The Morgan fingerprint density at radius 1 is 1.33 bits per heavy atom. The highest BCUT2D eigenvalue weighted by Gasteiger charge is 2.21. The van der Waals surface area contributed by atoms with Gasteiger partial charge >= 0.3 is 0 Å². The summed E-state index contributed by atoms with van der Waals surface area (Å²) in [7, 11) is 0. The van der Waals surface area contributed by atoms with Gasteiger partial charge in [-0.1, -0.05) is 6.07 Å². The quantitative estimate of drug-likeness (QED) is 0.663. The zero-order chi connectivity index (χ0) is 13.3. The number of nitro groups is 1. The first-order valence-electron chi connectivity index (χ1n) is 5.13. The van der Waals surface area contributed by atoms with Gasteiger partial charge in [0.05, 0.1) is 16.7 Å². The first-order chi connectivity index (χ1) is 8.50. The summed E-state index contributed by atoms with van der Waals surface area (Å²) in [5.41, 5.74) is 6.47. The van der Waals surface area contributed by atoms with Gasteiger partial charge in [0.1, 0.15) is 0 Å². The summed E-state index contributed by atoms with van der Waals surface area (Å²) in [6, 6.07) is 6.22. The van der Waals surface area contributed by atoms with Crippen molar-refractivity contribution in [2.75, 3.05) is 0 Å². The summed E-state index contributed by atoms with van der Waals surface area (Å²) in [5.74, 6) is -0.841. The average molecular weight is 246 g/mol. The first-order valence-corrected chi connectivity index (χ1v) is 5.13. The predicted molar refractivity (Wildman–Crippen MR) is 64.1 cm³/mol. The Bertz CT molecular complexity index is 631. The van der Waals surface area contributed by atoms with Gasteiger partial charge in [-0.15, -0.1) is 0 Å². The molecule has 1 amide bonds. The van der Waals surface area contributed by atoms with Crippen molar-refractivity contribution >= 4 is 11.6 Å². The largest absolute Gasteiger partial charge is 0.459 e. The van der Waals surface area contributed by atoms with Gasteiger partial charge in [0.2, 0.25) is 0 Å². The van der Waals surface area contributed by atoms with E-state index in [-0.39, 0.29) is 11.4 Å². The number of nitro benzene ring substituents is 1. The number of aryl methyl sites for hydroxylation is 1. The van der Waals surface area contributed by atoms with Crippen LogP contribution >= 0.6 is 0 Å². The fraction of sp³-hybridized carbons (Fsp3) is 0.0833. The van der Waals surface area contributed by atoms with Gasteiger partial charge in [-0.3, -0.25) is 14.9 Å². The minimum absolute atomic E-state index is 0.0815. The number of nitrogens with zero attached hydrogens (tertiary/aromatic N) is 1. The molecule has 2 N–H and O–H groups in total. The molecule has 6 heteroatoms. The molecule has 0 radical (unpaired) electrons. The van der Waals surface area contributed by atoms with E-state index >= 15 is 0 Å². The van der Waals surface area contributed by atoms with Gasteiger partial charge in [-0.2, -0.15) is 0 Å². The number of hydrogen-bond acceptors (Lipinski definition) is 4. The number of carbonyl (C=O) groups excluding carboxylic acids is 1. The smallest absolute Gasteiger partial charge is 0.285 e. The van der Waals surface area contributed by atoms with Crippen molar-refractivity contribution in [2.24, 2.45) is 5.73 Å². The second kappa shape index (κ2) is 4.33. The van der Waals surface area contributed by atoms with E-state index in [1.165, 1.54) is 18.4 Å². The molecule has 0 fully saturated rings. The Morgan fingerprint density at radius 2 is 2.06 bits per heavy atom. The number of furan rings is 1. The predicted octanol–water partition coefficient (Wildman–Crippen LogP) is 2.26. The third kappa shape index (κ3) is 1.95. The van der Waals surface area contributed by atoms with Crippen molar-refractivity contribution in [3.8, 4) is 11.1 Å². The third-order valence-electron chi connectivity index (χ3n) is 2.53.